The van der Waals surface area contributed by atoms with Crippen LogP contribution >= 0.6 is 0 Å². The molecule has 8 heteroatoms. The molecule has 1 aliphatic rings. The number of hydrogen-bond acceptors (Lipinski definition) is 5. The second-order valence-corrected chi connectivity index (χ2v) is 9.84. The van der Waals surface area contributed by atoms with Crippen molar-refractivity contribution in [2.75, 3.05) is 26.2 Å². The van der Waals surface area contributed by atoms with E-state index in [0.717, 1.165) is 13.0 Å². The van der Waals surface area contributed by atoms with Gasteiger partial charge in [-0.05, 0) is 36.8 Å². The van der Waals surface area contributed by atoms with Gasteiger partial charge in [-0.3, -0.25) is 9.69 Å². The molecule has 0 bridgehead atoms. The second-order valence-electron chi connectivity index (χ2n) is 7.85. The summed E-state index contributed by atoms with van der Waals surface area (Å²) in [4.78, 5) is 17.0. The summed E-state index contributed by atoms with van der Waals surface area (Å²) in [5, 5.41) is 0. The molecule has 1 aromatic heterocycles. The quantitative estimate of drug-likeness (QED) is 0.565. The topological polar surface area (TPSA) is 70.8 Å². The molecule has 1 fully saturated rings. The number of furan rings is 1. The van der Waals surface area contributed by atoms with Crippen molar-refractivity contribution in [2.24, 2.45) is 0 Å². The van der Waals surface area contributed by atoms with Gasteiger partial charge in [0.2, 0.25) is 0 Å². The van der Waals surface area contributed by atoms with Gasteiger partial charge in [-0.15, -0.1) is 0 Å². The van der Waals surface area contributed by atoms with Gasteiger partial charge in [-0.2, -0.15) is 0 Å². The van der Waals surface area contributed by atoms with Gasteiger partial charge < -0.3 is 9.32 Å². The Hall–Kier alpha value is -2.97. The first-order valence-electron chi connectivity index (χ1n) is 10.5. The molecule has 3 aromatic rings. The average molecular weight is 457 g/mol. The van der Waals surface area contributed by atoms with Crippen LogP contribution in [0.2, 0.25) is 0 Å². The molecule has 0 saturated carbocycles. The Morgan fingerprint density at radius 2 is 1.66 bits per heavy atom. The van der Waals surface area contributed by atoms with E-state index in [-0.39, 0.29) is 33.9 Å². The fraction of sp³-hybridized carbons (Fsp3) is 0.292. The van der Waals surface area contributed by atoms with E-state index in [9.17, 15) is 17.6 Å². The maximum atomic E-state index is 14.0. The first kappa shape index (κ1) is 22.2. The number of benzene rings is 2. The summed E-state index contributed by atoms with van der Waals surface area (Å²) in [5.41, 5.74) is 0.641. The molecule has 4 rings (SSSR count). The molecule has 0 radical (unpaired) electrons. The number of carbonyl (C=O) groups excluding carboxylic acids is 1. The molecule has 168 valence electrons. The molecule has 2 heterocycles. The summed E-state index contributed by atoms with van der Waals surface area (Å²) in [6.45, 7) is 2.93. The van der Waals surface area contributed by atoms with Gasteiger partial charge in [0.25, 0.3) is 5.91 Å². The summed E-state index contributed by atoms with van der Waals surface area (Å²) < 4.78 is 44.7. The Morgan fingerprint density at radius 1 is 0.906 bits per heavy atom. The molecule has 6 nitrogen and oxygen atoms in total. The lowest BCUT2D eigenvalue weighted by Gasteiger charge is -2.21. The number of sulfone groups is 1. The van der Waals surface area contributed by atoms with Crippen LogP contribution in [0.5, 0.6) is 0 Å². The van der Waals surface area contributed by atoms with Gasteiger partial charge in [0.15, 0.2) is 15.6 Å². The predicted octanol–water partition coefficient (Wildman–Crippen LogP) is 3.74. The molecular formula is C24H25FN2O4S. The van der Waals surface area contributed by atoms with Crippen molar-refractivity contribution in [2.45, 2.75) is 23.6 Å². The van der Waals surface area contributed by atoms with Crippen LogP contribution in [0.3, 0.4) is 0 Å². The highest BCUT2D eigenvalue weighted by Gasteiger charge is 2.24. The molecule has 0 aliphatic carbocycles. The summed E-state index contributed by atoms with van der Waals surface area (Å²) in [5.74, 6) is -0.431. The minimum absolute atomic E-state index is 0.130. The fourth-order valence-electron chi connectivity index (χ4n) is 3.82. The van der Waals surface area contributed by atoms with E-state index in [1.54, 1.807) is 35.2 Å². The Labute approximate surface area is 187 Å². The van der Waals surface area contributed by atoms with Crippen molar-refractivity contribution in [1.82, 2.24) is 9.80 Å². The highest BCUT2D eigenvalue weighted by Crippen LogP contribution is 2.20. The molecule has 2 aromatic carbocycles. The van der Waals surface area contributed by atoms with Crippen LogP contribution in [0, 0.1) is 5.82 Å². The van der Waals surface area contributed by atoms with Gasteiger partial charge >= 0.3 is 0 Å². The van der Waals surface area contributed by atoms with Crippen LogP contribution in [0.4, 0.5) is 4.39 Å². The third kappa shape index (κ3) is 5.26. The van der Waals surface area contributed by atoms with Crippen molar-refractivity contribution in [1.29, 1.82) is 0 Å². The molecule has 1 amide bonds. The number of hydrogen-bond donors (Lipinski definition) is 0. The van der Waals surface area contributed by atoms with Crippen molar-refractivity contribution < 1.29 is 22.0 Å². The Balaban J connectivity index is 1.38. The van der Waals surface area contributed by atoms with E-state index < -0.39 is 9.84 Å². The first-order chi connectivity index (χ1) is 15.4. The lowest BCUT2D eigenvalue weighted by molar-refractivity contribution is 0.0727. The first-order valence-corrected chi connectivity index (χ1v) is 12.2. The highest BCUT2D eigenvalue weighted by atomic mass is 32.2. The molecule has 32 heavy (non-hydrogen) atoms. The Bertz CT molecular complexity index is 1180. The molecular weight excluding hydrogens is 431 g/mol. The summed E-state index contributed by atoms with van der Waals surface area (Å²) in [6, 6.07) is 17.9. The highest BCUT2D eigenvalue weighted by molar-refractivity contribution is 7.90. The standard InChI is InChI=1S/C24H25FN2O4S/c25-22-10-5-4-7-19(22)17-26-13-6-14-27(16-15-26)24(28)23-12-11-20(31-23)18-32(29,30)21-8-2-1-3-9-21/h1-5,7-12H,6,13-18H2. The summed E-state index contributed by atoms with van der Waals surface area (Å²) in [6.07, 6.45) is 0.760. The van der Waals surface area contributed by atoms with Crippen LogP contribution in [0.25, 0.3) is 0 Å². The SMILES string of the molecule is O=C(c1ccc(CS(=O)(=O)c2ccccc2)o1)N1CCCN(Cc2ccccc2F)CC1. The zero-order valence-electron chi connectivity index (χ0n) is 17.6. The zero-order chi connectivity index (χ0) is 22.6. The monoisotopic (exact) mass is 456 g/mol. The van der Waals surface area contributed by atoms with Crippen molar-refractivity contribution >= 4 is 15.7 Å². The van der Waals surface area contributed by atoms with E-state index in [1.807, 2.05) is 6.07 Å². The number of rotatable bonds is 6. The van der Waals surface area contributed by atoms with Gasteiger partial charge in [0.1, 0.15) is 17.3 Å². The molecule has 0 unspecified atom stereocenters. The summed E-state index contributed by atoms with van der Waals surface area (Å²) >= 11 is 0. The summed E-state index contributed by atoms with van der Waals surface area (Å²) in [7, 11) is -3.55. The molecule has 0 atom stereocenters. The third-order valence-corrected chi connectivity index (χ3v) is 7.19. The van der Waals surface area contributed by atoms with Crippen molar-refractivity contribution in [3.05, 3.63) is 89.6 Å². The van der Waals surface area contributed by atoms with E-state index in [4.69, 9.17) is 4.42 Å². The van der Waals surface area contributed by atoms with Gasteiger partial charge in [0, 0.05) is 38.3 Å². The lowest BCUT2D eigenvalue weighted by atomic mass is 10.2. The normalized spacial score (nSPS) is 15.5. The van der Waals surface area contributed by atoms with E-state index >= 15 is 0 Å². The maximum absolute atomic E-state index is 14.0. The number of carbonyl (C=O) groups is 1. The number of amides is 1. The smallest absolute Gasteiger partial charge is 0.289 e. The Morgan fingerprint density at radius 3 is 2.44 bits per heavy atom. The molecule has 1 aliphatic heterocycles. The van der Waals surface area contributed by atoms with Crippen LogP contribution in [0.15, 0.2) is 76.0 Å². The van der Waals surface area contributed by atoms with Crippen LogP contribution in [-0.4, -0.2) is 50.3 Å². The molecule has 0 N–H and O–H groups in total. The zero-order valence-corrected chi connectivity index (χ0v) is 18.4. The average Bonchev–Trinajstić information content (AvgIpc) is 3.12. The lowest BCUT2D eigenvalue weighted by Crippen LogP contribution is -2.35. The third-order valence-electron chi connectivity index (χ3n) is 5.53. The van der Waals surface area contributed by atoms with Gasteiger partial charge in [0.05, 0.1) is 4.90 Å². The minimum atomic E-state index is -3.55. The van der Waals surface area contributed by atoms with Crippen LogP contribution < -0.4 is 0 Å². The van der Waals surface area contributed by atoms with Crippen molar-refractivity contribution in [3.63, 3.8) is 0 Å². The van der Waals surface area contributed by atoms with E-state index in [1.165, 1.54) is 30.3 Å². The molecule has 0 spiro atoms. The van der Waals surface area contributed by atoms with E-state index in [2.05, 4.69) is 4.90 Å². The van der Waals surface area contributed by atoms with Crippen molar-refractivity contribution in [3.8, 4) is 0 Å². The predicted molar refractivity (Wildman–Crippen MR) is 118 cm³/mol. The maximum Gasteiger partial charge on any atom is 0.289 e. The van der Waals surface area contributed by atoms with Gasteiger partial charge in [-0.1, -0.05) is 36.4 Å². The fourth-order valence-corrected chi connectivity index (χ4v) is 5.09. The Kier molecular flexibility index (Phi) is 6.72. The van der Waals surface area contributed by atoms with Crippen LogP contribution in [-0.2, 0) is 22.1 Å². The van der Waals surface area contributed by atoms with E-state index in [0.29, 0.717) is 31.7 Å². The number of halogens is 1. The second kappa shape index (κ2) is 9.67. The molecule has 1 saturated heterocycles. The minimum Gasteiger partial charge on any atom is -0.455 e. The van der Waals surface area contributed by atoms with Gasteiger partial charge in [-0.25, -0.2) is 12.8 Å². The number of nitrogens with zero attached hydrogens (tertiary/aromatic N) is 2. The van der Waals surface area contributed by atoms with Crippen LogP contribution in [0.1, 0.15) is 28.3 Å². The largest absolute Gasteiger partial charge is 0.455 e.